The molecule has 4 nitrogen and oxygen atoms in total. The third-order valence-electron chi connectivity index (χ3n) is 3.99. The van der Waals surface area contributed by atoms with Crippen molar-refractivity contribution >= 4 is 5.91 Å². The molecule has 2 atom stereocenters. The summed E-state index contributed by atoms with van der Waals surface area (Å²) in [6, 6.07) is 5.99. The molecular weight excluding hydrogens is 269 g/mol. The summed E-state index contributed by atoms with van der Waals surface area (Å²) in [5.74, 6) is -0.133. The standard InChI is InChI=1S/C16H20FN3O/c1-11-4-3-7-19-15(11)16(21)20(2)10-13-8-12(9-18)5-6-14(13)17/h5-6,8,11,15,19H,3-4,7,10H2,1-2H3. The van der Waals surface area contributed by atoms with E-state index in [9.17, 15) is 9.18 Å². The maximum Gasteiger partial charge on any atom is 0.240 e. The SMILES string of the molecule is CC1CCCNC1C(=O)N(C)Cc1cc(C#N)ccc1F. The van der Waals surface area contributed by atoms with Crippen LogP contribution in [0.4, 0.5) is 4.39 Å². The van der Waals surface area contributed by atoms with E-state index in [0.29, 0.717) is 11.1 Å². The Labute approximate surface area is 124 Å². The molecule has 0 bridgehead atoms. The number of benzene rings is 1. The van der Waals surface area contributed by atoms with Gasteiger partial charge in [0.25, 0.3) is 0 Å². The number of nitrogens with zero attached hydrogens (tertiary/aromatic N) is 2. The van der Waals surface area contributed by atoms with E-state index >= 15 is 0 Å². The lowest BCUT2D eigenvalue weighted by molar-refractivity contribution is -0.134. The van der Waals surface area contributed by atoms with Crippen LogP contribution in [-0.2, 0) is 11.3 Å². The molecule has 1 aliphatic rings. The van der Waals surface area contributed by atoms with Crippen LogP contribution in [0.5, 0.6) is 0 Å². The number of rotatable bonds is 3. The molecule has 0 radical (unpaired) electrons. The second-order valence-electron chi connectivity index (χ2n) is 5.66. The zero-order valence-electron chi connectivity index (χ0n) is 12.4. The number of likely N-dealkylation sites (N-methyl/N-ethyl adjacent to an activating group) is 1. The van der Waals surface area contributed by atoms with Crippen molar-refractivity contribution in [2.75, 3.05) is 13.6 Å². The molecule has 112 valence electrons. The van der Waals surface area contributed by atoms with E-state index in [1.165, 1.54) is 23.1 Å². The first-order valence-electron chi connectivity index (χ1n) is 7.20. The van der Waals surface area contributed by atoms with Gasteiger partial charge in [-0.05, 0) is 43.5 Å². The summed E-state index contributed by atoms with van der Waals surface area (Å²) < 4.78 is 13.8. The first kappa shape index (κ1) is 15.5. The number of nitriles is 1. The number of amides is 1. The maximum atomic E-state index is 13.8. The highest BCUT2D eigenvalue weighted by Gasteiger charge is 2.29. The van der Waals surface area contributed by atoms with Crippen molar-refractivity contribution in [3.05, 3.63) is 35.1 Å². The average molecular weight is 289 g/mol. The van der Waals surface area contributed by atoms with Crippen LogP contribution in [0.1, 0.15) is 30.9 Å². The van der Waals surface area contributed by atoms with Crippen molar-refractivity contribution in [1.82, 2.24) is 10.2 Å². The summed E-state index contributed by atoms with van der Waals surface area (Å²) in [6.45, 7) is 3.07. The summed E-state index contributed by atoms with van der Waals surface area (Å²) in [5.41, 5.74) is 0.768. The number of halogens is 1. The first-order valence-corrected chi connectivity index (χ1v) is 7.20. The van der Waals surface area contributed by atoms with Crippen LogP contribution < -0.4 is 5.32 Å². The molecule has 1 heterocycles. The lowest BCUT2D eigenvalue weighted by Gasteiger charge is -2.32. The number of hydrogen-bond acceptors (Lipinski definition) is 3. The van der Waals surface area contributed by atoms with E-state index < -0.39 is 5.82 Å². The van der Waals surface area contributed by atoms with E-state index in [0.717, 1.165) is 19.4 Å². The van der Waals surface area contributed by atoms with Crippen molar-refractivity contribution in [1.29, 1.82) is 5.26 Å². The molecule has 1 fully saturated rings. The second kappa shape index (κ2) is 6.68. The molecule has 1 aromatic carbocycles. The van der Waals surface area contributed by atoms with Gasteiger partial charge in [-0.15, -0.1) is 0 Å². The van der Waals surface area contributed by atoms with Crippen molar-refractivity contribution in [2.24, 2.45) is 5.92 Å². The molecule has 5 heteroatoms. The van der Waals surface area contributed by atoms with Gasteiger partial charge in [-0.1, -0.05) is 6.92 Å². The van der Waals surface area contributed by atoms with Gasteiger partial charge in [0.1, 0.15) is 5.82 Å². The highest BCUT2D eigenvalue weighted by Crippen LogP contribution is 2.19. The summed E-state index contributed by atoms with van der Waals surface area (Å²) in [6.07, 6.45) is 2.10. The average Bonchev–Trinajstić information content (AvgIpc) is 2.49. The van der Waals surface area contributed by atoms with Crippen LogP contribution in [0.3, 0.4) is 0 Å². The Morgan fingerprint density at radius 1 is 1.57 bits per heavy atom. The predicted octanol–water partition coefficient (Wildman–Crippen LogP) is 2.04. The van der Waals surface area contributed by atoms with Gasteiger partial charge < -0.3 is 10.2 Å². The van der Waals surface area contributed by atoms with E-state index in [-0.39, 0.29) is 24.4 Å². The van der Waals surface area contributed by atoms with Gasteiger partial charge in [-0.25, -0.2) is 4.39 Å². The normalized spacial score (nSPS) is 21.6. The van der Waals surface area contributed by atoms with E-state index in [4.69, 9.17) is 5.26 Å². The molecule has 21 heavy (non-hydrogen) atoms. The largest absolute Gasteiger partial charge is 0.340 e. The van der Waals surface area contributed by atoms with Gasteiger partial charge in [-0.3, -0.25) is 4.79 Å². The number of hydrogen-bond donors (Lipinski definition) is 1. The highest BCUT2D eigenvalue weighted by atomic mass is 19.1. The van der Waals surface area contributed by atoms with Gasteiger partial charge in [0.05, 0.1) is 17.7 Å². The molecule has 1 N–H and O–H groups in total. The molecule has 2 rings (SSSR count). The third-order valence-corrected chi connectivity index (χ3v) is 3.99. The first-order chi connectivity index (χ1) is 10.0. The Bertz CT molecular complexity index is 567. The van der Waals surface area contributed by atoms with Gasteiger partial charge in [-0.2, -0.15) is 5.26 Å². The van der Waals surface area contributed by atoms with Crippen LogP contribution in [0.15, 0.2) is 18.2 Å². The molecule has 0 aromatic heterocycles. The number of piperidine rings is 1. The van der Waals surface area contributed by atoms with Crippen LogP contribution in [-0.4, -0.2) is 30.4 Å². The van der Waals surface area contributed by atoms with Crippen LogP contribution in [0.2, 0.25) is 0 Å². The van der Waals surface area contributed by atoms with Crippen molar-refractivity contribution < 1.29 is 9.18 Å². The maximum absolute atomic E-state index is 13.8. The minimum Gasteiger partial charge on any atom is -0.340 e. The van der Waals surface area contributed by atoms with E-state index in [1.807, 2.05) is 6.07 Å². The number of carbonyl (C=O) groups is 1. The second-order valence-corrected chi connectivity index (χ2v) is 5.66. The van der Waals surface area contributed by atoms with Gasteiger partial charge >= 0.3 is 0 Å². The molecule has 1 amide bonds. The molecule has 1 aliphatic heterocycles. The van der Waals surface area contributed by atoms with Crippen LogP contribution in [0.25, 0.3) is 0 Å². The Kier molecular flexibility index (Phi) is 4.92. The number of carbonyl (C=O) groups excluding carboxylic acids is 1. The van der Waals surface area contributed by atoms with Crippen molar-refractivity contribution in [2.45, 2.75) is 32.4 Å². The van der Waals surface area contributed by atoms with E-state index in [1.54, 1.807) is 7.05 Å². The van der Waals surface area contributed by atoms with Crippen LogP contribution >= 0.6 is 0 Å². The minimum absolute atomic E-state index is 0.0241. The summed E-state index contributed by atoms with van der Waals surface area (Å²) in [7, 11) is 1.67. The van der Waals surface area contributed by atoms with Gasteiger partial charge in [0.15, 0.2) is 0 Å². The predicted molar refractivity (Wildman–Crippen MR) is 77.8 cm³/mol. The van der Waals surface area contributed by atoms with Crippen molar-refractivity contribution in [3.63, 3.8) is 0 Å². The molecule has 0 saturated carbocycles. The van der Waals surface area contributed by atoms with Crippen molar-refractivity contribution in [3.8, 4) is 6.07 Å². The van der Waals surface area contributed by atoms with Gasteiger partial charge in [0, 0.05) is 19.2 Å². The molecule has 0 spiro atoms. The topological polar surface area (TPSA) is 56.1 Å². The quantitative estimate of drug-likeness (QED) is 0.926. The summed E-state index contributed by atoms with van der Waals surface area (Å²) in [5, 5.41) is 12.1. The molecule has 2 unspecified atom stereocenters. The zero-order chi connectivity index (χ0) is 15.4. The Morgan fingerprint density at radius 3 is 3.00 bits per heavy atom. The Balaban J connectivity index is 2.08. The fourth-order valence-electron chi connectivity index (χ4n) is 2.72. The molecule has 0 aliphatic carbocycles. The van der Waals surface area contributed by atoms with E-state index in [2.05, 4.69) is 12.2 Å². The molecule has 1 aromatic rings. The minimum atomic E-state index is -0.390. The number of nitrogens with one attached hydrogen (secondary N) is 1. The van der Waals surface area contributed by atoms with Gasteiger partial charge in [0.2, 0.25) is 5.91 Å². The Morgan fingerprint density at radius 2 is 2.33 bits per heavy atom. The monoisotopic (exact) mass is 289 g/mol. The molecular formula is C16H20FN3O. The fraction of sp³-hybridized carbons (Fsp3) is 0.500. The lowest BCUT2D eigenvalue weighted by atomic mass is 9.92. The zero-order valence-corrected chi connectivity index (χ0v) is 12.4. The summed E-state index contributed by atoms with van der Waals surface area (Å²) in [4.78, 5) is 14.0. The smallest absolute Gasteiger partial charge is 0.240 e. The highest BCUT2D eigenvalue weighted by molar-refractivity contribution is 5.82. The Hall–Kier alpha value is -1.93. The molecule has 1 saturated heterocycles. The summed E-state index contributed by atoms with van der Waals surface area (Å²) >= 11 is 0. The third kappa shape index (κ3) is 3.59. The fourth-order valence-corrected chi connectivity index (χ4v) is 2.72. The lowest BCUT2D eigenvalue weighted by Crippen LogP contribution is -2.51. The van der Waals surface area contributed by atoms with Crippen LogP contribution in [0, 0.1) is 23.1 Å².